The molecule has 3 heteroatoms. The Bertz CT molecular complexity index is 626. The molecule has 1 N–H and O–H groups in total. The highest BCUT2D eigenvalue weighted by Gasteiger charge is 2.21. The minimum Gasteiger partial charge on any atom is -0.478 e. The molecule has 0 saturated heterocycles. The molecule has 2 aromatic carbocycles. The number of rotatable bonds is 5. The summed E-state index contributed by atoms with van der Waals surface area (Å²) in [5, 5.41) is 9.40. The molecule has 3 nitrogen and oxygen atoms in total. The number of carbonyl (C=O) groups is 1. The van der Waals surface area contributed by atoms with E-state index in [9.17, 15) is 9.90 Å². The van der Waals surface area contributed by atoms with E-state index in [0.717, 1.165) is 22.3 Å². The van der Waals surface area contributed by atoms with Crippen molar-refractivity contribution in [3.05, 3.63) is 64.7 Å². The molecular weight excluding hydrogens is 264 g/mol. The Morgan fingerprint density at radius 2 is 1.71 bits per heavy atom. The molecule has 21 heavy (non-hydrogen) atoms. The van der Waals surface area contributed by atoms with Crippen LogP contribution in [0, 0.1) is 20.8 Å². The van der Waals surface area contributed by atoms with Gasteiger partial charge in [-0.25, -0.2) is 4.79 Å². The molecule has 0 amide bonds. The molecular formula is C18H20O3. The lowest BCUT2D eigenvalue weighted by atomic mass is 10.0. The number of carboxylic acids is 1. The average molecular weight is 284 g/mol. The van der Waals surface area contributed by atoms with Crippen molar-refractivity contribution in [3.63, 3.8) is 0 Å². The molecule has 0 bridgehead atoms. The standard InChI is InChI=1S/C18H20O3/c1-12-8-13(2)10-16(9-12)21-17(18(19)20)11-15-7-5-4-6-14(15)3/h4-10,17H,11H2,1-3H3,(H,19,20)/t17-/m0/s1. The van der Waals surface area contributed by atoms with Gasteiger partial charge in [-0.15, -0.1) is 0 Å². The predicted octanol–water partition coefficient (Wildman–Crippen LogP) is 3.69. The molecule has 2 rings (SSSR count). The van der Waals surface area contributed by atoms with Crippen molar-refractivity contribution in [2.75, 3.05) is 0 Å². The van der Waals surface area contributed by atoms with E-state index < -0.39 is 12.1 Å². The number of hydrogen-bond donors (Lipinski definition) is 1. The summed E-state index contributed by atoms with van der Waals surface area (Å²) in [4.78, 5) is 11.5. The highest BCUT2D eigenvalue weighted by molar-refractivity contribution is 5.73. The molecule has 0 aromatic heterocycles. The molecule has 0 heterocycles. The van der Waals surface area contributed by atoms with Crippen LogP contribution in [0.5, 0.6) is 5.75 Å². The molecule has 1 atom stereocenters. The fourth-order valence-corrected chi connectivity index (χ4v) is 2.38. The third kappa shape index (κ3) is 4.09. The third-order valence-corrected chi connectivity index (χ3v) is 3.42. The second-order valence-electron chi connectivity index (χ2n) is 5.40. The highest BCUT2D eigenvalue weighted by atomic mass is 16.5. The minimum atomic E-state index is -0.947. The highest BCUT2D eigenvalue weighted by Crippen LogP contribution is 2.20. The average Bonchev–Trinajstić information content (AvgIpc) is 2.39. The minimum absolute atomic E-state index is 0.356. The molecule has 0 aliphatic rings. The maximum Gasteiger partial charge on any atom is 0.345 e. The zero-order valence-corrected chi connectivity index (χ0v) is 12.6. The van der Waals surface area contributed by atoms with Crippen LogP contribution in [-0.4, -0.2) is 17.2 Å². The van der Waals surface area contributed by atoms with Crippen LogP contribution in [0.3, 0.4) is 0 Å². The number of carboxylic acid groups (broad SMARTS) is 1. The van der Waals surface area contributed by atoms with Crippen LogP contribution in [0.25, 0.3) is 0 Å². The first-order chi connectivity index (χ1) is 9.95. The number of benzene rings is 2. The monoisotopic (exact) mass is 284 g/mol. The van der Waals surface area contributed by atoms with Crippen molar-refractivity contribution >= 4 is 5.97 Å². The van der Waals surface area contributed by atoms with E-state index >= 15 is 0 Å². The van der Waals surface area contributed by atoms with Gasteiger partial charge in [0.25, 0.3) is 0 Å². The van der Waals surface area contributed by atoms with Crippen molar-refractivity contribution < 1.29 is 14.6 Å². The summed E-state index contributed by atoms with van der Waals surface area (Å²) in [6.07, 6.45) is -0.526. The number of hydrogen-bond acceptors (Lipinski definition) is 2. The van der Waals surface area contributed by atoms with Crippen LogP contribution in [0.1, 0.15) is 22.3 Å². The van der Waals surface area contributed by atoms with E-state index in [1.807, 2.05) is 63.2 Å². The normalized spacial score (nSPS) is 12.0. The van der Waals surface area contributed by atoms with Gasteiger partial charge >= 0.3 is 5.97 Å². The largest absolute Gasteiger partial charge is 0.478 e. The summed E-state index contributed by atoms with van der Waals surface area (Å²) in [5.74, 6) is -0.342. The van der Waals surface area contributed by atoms with Gasteiger partial charge in [-0.05, 0) is 55.2 Å². The van der Waals surface area contributed by atoms with Crippen LogP contribution < -0.4 is 4.74 Å². The Morgan fingerprint density at radius 3 is 2.29 bits per heavy atom. The number of aliphatic carboxylic acids is 1. The van der Waals surface area contributed by atoms with Crippen LogP contribution in [-0.2, 0) is 11.2 Å². The quantitative estimate of drug-likeness (QED) is 0.911. The summed E-state index contributed by atoms with van der Waals surface area (Å²) in [6, 6.07) is 13.5. The summed E-state index contributed by atoms with van der Waals surface area (Å²) in [5.41, 5.74) is 4.19. The second-order valence-corrected chi connectivity index (χ2v) is 5.40. The molecule has 0 spiro atoms. The zero-order chi connectivity index (χ0) is 15.4. The van der Waals surface area contributed by atoms with Crippen LogP contribution >= 0.6 is 0 Å². The van der Waals surface area contributed by atoms with E-state index in [2.05, 4.69) is 0 Å². The molecule has 0 saturated carbocycles. The topological polar surface area (TPSA) is 46.5 Å². The van der Waals surface area contributed by atoms with Gasteiger partial charge in [0.1, 0.15) is 5.75 Å². The van der Waals surface area contributed by atoms with Crippen LogP contribution in [0.2, 0.25) is 0 Å². The van der Waals surface area contributed by atoms with Crippen molar-refractivity contribution in [2.24, 2.45) is 0 Å². The van der Waals surface area contributed by atoms with Gasteiger partial charge in [-0.3, -0.25) is 0 Å². The van der Waals surface area contributed by atoms with Crippen molar-refractivity contribution in [1.82, 2.24) is 0 Å². The van der Waals surface area contributed by atoms with Gasteiger partial charge in [0.2, 0.25) is 0 Å². The Kier molecular flexibility index (Phi) is 4.63. The van der Waals surface area contributed by atoms with E-state index in [4.69, 9.17) is 4.74 Å². The maximum absolute atomic E-state index is 11.5. The first kappa shape index (κ1) is 15.1. The maximum atomic E-state index is 11.5. The van der Waals surface area contributed by atoms with Gasteiger partial charge in [0, 0.05) is 6.42 Å². The second kappa shape index (κ2) is 6.44. The van der Waals surface area contributed by atoms with E-state index in [-0.39, 0.29) is 0 Å². The lowest BCUT2D eigenvalue weighted by Gasteiger charge is -2.17. The molecule has 0 radical (unpaired) electrons. The Hall–Kier alpha value is -2.29. The molecule has 0 fully saturated rings. The van der Waals surface area contributed by atoms with E-state index in [1.165, 1.54) is 0 Å². The summed E-state index contributed by atoms with van der Waals surface area (Å²) >= 11 is 0. The Morgan fingerprint density at radius 1 is 1.10 bits per heavy atom. The lowest BCUT2D eigenvalue weighted by Crippen LogP contribution is -2.29. The molecule has 0 aliphatic carbocycles. The van der Waals surface area contributed by atoms with Gasteiger partial charge in [-0.2, -0.15) is 0 Å². The molecule has 2 aromatic rings. The van der Waals surface area contributed by atoms with Gasteiger partial charge in [0.05, 0.1) is 0 Å². The van der Waals surface area contributed by atoms with Gasteiger partial charge in [-0.1, -0.05) is 30.3 Å². The molecule has 0 unspecified atom stereocenters. The summed E-state index contributed by atoms with van der Waals surface area (Å²) in [7, 11) is 0. The predicted molar refractivity (Wildman–Crippen MR) is 82.9 cm³/mol. The SMILES string of the molecule is Cc1cc(C)cc(O[C@@H](Cc2ccccc2C)C(=O)O)c1. The molecule has 110 valence electrons. The first-order valence-corrected chi connectivity index (χ1v) is 6.98. The summed E-state index contributed by atoms with van der Waals surface area (Å²) < 4.78 is 5.70. The van der Waals surface area contributed by atoms with Crippen molar-refractivity contribution in [1.29, 1.82) is 0 Å². The van der Waals surface area contributed by atoms with E-state index in [1.54, 1.807) is 0 Å². The Balaban J connectivity index is 2.20. The first-order valence-electron chi connectivity index (χ1n) is 6.98. The zero-order valence-electron chi connectivity index (χ0n) is 12.6. The number of ether oxygens (including phenoxy) is 1. The third-order valence-electron chi connectivity index (χ3n) is 3.42. The van der Waals surface area contributed by atoms with Crippen molar-refractivity contribution in [3.8, 4) is 5.75 Å². The lowest BCUT2D eigenvalue weighted by molar-refractivity contribution is -0.145. The van der Waals surface area contributed by atoms with Crippen LogP contribution in [0.15, 0.2) is 42.5 Å². The van der Waals surface area contributed by atoms with E-state index in [0.29, 0.717) is 12.2 Å². The summed E-state index contributed by atoms with van der Waals surface area (Å²) in [6.45, 7) is 5.92. The number of aryl methyl sites for hydroxylation is 3. The van der Waals surface area contributed by atoms with Gasteiger partial charge in [0.15, 0.2) is 6.10 Å². The fourth-order valence-electron chi connectivity index (χ4n) is 2.38. The fraction of sp³-hybridized carbons (Fsp3) is 0.278. The van der Waals surface area contributed by atoms with Crippen molar-refractivity contribution in [2.45, 2.75) is 33.3 Å². The smallest absolute Gasteiger partial charge is 0.345 e. The Labute approximate surface area is 125 Å². The van der Waals surface area contributed by atoms with Crippen LogP contribution in [0.4, 0.5) is 0 Å². The van der Waals surface area contributed by atoms with Gasteiger partial charge < -0.3 is 9.84 Å². The molecule has 0 aliphatic heterocycles.